The van der Waals surface area contributed by atoms with Crippen LogP contribution in [0, 0.1) is 0 Å². The lowest BCUT2D eigenvalue weighted by atomic mass is 9.98. The molecule has 1 saturated heterocycles. The Morgan fingerprint density at radius 3 is 2.50 bits per heavy atom. The molecule has 0 aliphatic carbocycles. The number of rotatable bonds is 9. The summed E-state index contributed by atoms with van der Waals surface area (Å²) in [5, 5.41) is 2.61. The van der Waals surface area contributed by atoms with Gasteiger partial charge in [-0.05, 0) is 47.7 Å². The van der Waals surface area contributed by atoms with Gasteiger partial charge >= 0.3 is 0 Å². The molecule has 2 aromatic carbocycles. The third-order valence-corrected chi connectivity index (χ3v) is 5.95. The number of nitrogens with one attached hydrogen (secondary N) is 1. The molecule has 0 unspecified atom stereocenters. The number of thioether (sulfide) groups is 1. The quantitative estimate of drug-likeness (QED) is 0.328. The van der Waals surface area contributed by atoms with E-state index >= 15 is 0 Å². The average Bonchev–Trinajstić information content (AvgIpc) is 3.08. The number of carbonyl (C=O) groups is 1. The first-order valence-corrected chi connectivity index (χ1v) is 11.0. The van der Waals surface area contributed by atoms with Gasteiger partial charge < -0.3 is 19.5 Å². The molecular formula is C23H25NO4S2. The Kier molecular flexibility index (Phi) is 7.76. The van der Waals surface area contributed by atoms with Crippen LogP contribution in [0.1, 0.15) is 37.3 Å². The molecule has 0 aromatic heterocycles. The van der Waals surface area contributed by atoms with E-state index in [0.717, 1.165) is 17.7 Å². The van der Waals surface area contributed by atoms with Gasteiger partial charge in [-0.1, -0.05) is 62.1 Å². The molecule has 1 amide bonds. The Morgan fingerprint density at radius 2 is 1.83 bits per heavy atom. The highest BCUT2D eigenvalue weighted by molar-refractivity contribution is 8.26. The molecule has 1 aliphatic heterocycles. The highest BCUT2D eigenvalue weighted by Gasteiger charge is 2.22. The van der Waals surface area contributed by atoms with Crippen molar-refractivity contribution in [2.24, 2.45) is 0 Å². The number of amides is 1. The van der Waals surface area contributed by atoms with E-state index in [1.54, 1.807) is 13.2 Å². The second-order valence-electron chi connectivity index (χ2n) is 6.81. The highest BCUT2D eigenvalue weighted by atomic mass is 32.2. The number of carbonyl (C=O) groups excluding carboxylic acids is 1. The Hall–Kier alpha value is -2.51. The molecule has 2 aromatic rings. The van der Waals surface area contributed by atoms with E-state index in [1.165, 1.54) is 17.3 Å². The summed E-state index contributed by atoms with van der Waals surface area (Å²) in [6.45, 7) is 5.18. The number of benzene rings is 2. The van der Waals surface area contributed by atoms with Crippen LogP contribution in [0.4, 0.5) is 0 Å². The first-order valence-electron chi connectivity index (χ1n) is 9.79. The van der Waals surface area contributed by atoms with Gasteiger partial charge in [0.2, 0.25) is 0 Å². The number of methoxy groups -OCH3 is 1. The van der Waals surface area contributed by atoms with Crippen LogP contribution in [-0.4, -0.2) is 30.6 Å². The van der Waals surface area contributed by atoms with Gasteiger partial charge in [-0.15, -0.1) is 0 Å². The molecule has 1 fully saturated rings. The van der Waals surface area contributed by atoms with Gasteiger partial charge in [0.25, 0.3) is 5.91 Å². The van der Waals surface area contributed by atoms with Gasteiger partial charge in [0, 0.05) is 0 Å². The third-order valence-electron chi connectivity index (χ3n) is 4.79. The van der Waals surface area contributed by atoms with E-state index in [-0.39, 0.29) is 5.91 Å². The van der Waals surface area contributed by atoms with Gasteiger partial charge in [0.15, 0.2) is 11.5 Å². The van der Waals surface area contributed by atoms with Crippen molar-refractivity contribution >= 4 is 40.3 Å². The number of para-hydroxylation sites is 1. The van der Waals surface area contributed by atoms with E-state index in [1.807, 2.05) is 36.4 Å². The summed E-state index contributed by atoms with van der Waals surface area (Å²) in [5.41, 5.74) is 2.04. The van der Waals surface area contributed by atoms with Crippen LogP contribution in [0.2, 0.25) is 0 Å². The second-order valence-corrected chi connectivity index (χ2v) is 8.53. The predicted octanol–water partition coefficient (Wildman–Crippen LogP) is 5.16. The molecule has 0 radical (unpaired) electrons. The molecule has 0 saturated carbocycles. The minimum Gasteiger partial charge on any atom is -0.493 e. The van der Waals surface area contributed by atoms with Gasteiger partial charge in [-0.3, -0.25) is 4.79 Å². The lowest BCUT2D eigenvalue weighted by molar-refractivity contribution is -0.115. The molecule has 5 nitrogen and oxygen atoms in total. The van der Waals surface area contributed by atoms with Crippen molar-refractivity contribution in [3.8, 4) is 17.2 Å². The zero-order chi connectivity index (χ0) is 21.5. The molecule has 7 heteroatoms. The van der Waals surface area contributed by atoms with Crippen LogP contribution in [0.15, 0.2) is 47.4 Å². The van der Waals surface area contributed by atoms with Gasteiger partial charge in [0.05, 0.1) is 12.0 Å². The van der Waals surface area contributed by atoms with Crippen LogP contribution >= 0.6 is 24.0 Å². The lowest BCUT2D eigenvalue weighted by Crippen LogP contribution is -2.17. The Labute approximate surface area is 186 Å². The first-order chi connectivity index (χ1) is 14.5. The first kappa shape index (κ1) is 22.2. The summed E-state index contributed by atoms with van der Waals surface area (Å²) in [5.74, 6) is 2.37. The molecule has 1 atom stereocenters. The van der Waals surface area contributed by atoms with Crippen molar-refractivity contribution in [1.82, 2.24) is 5.32 Å². The number of thiocarbonyl (C=S) groups is 1. The van der Waals surface area contributed by atoms with Crippen molar-refractivity contribution in [3.05, 3.63) is 58.5 Å². The fourth-order valence-corrected chi connectivity index (χ4v) is 4.05. The highest BCUT2D eigenvalue weighted by Crippen LogP contribution is 2.32. The summed E-state index contributed by atoms with van der Waals surface area (Å²) < 4.78 is 17.7. The van der Waals surface area contributed by atoms with Crippen LogP contribution in [0.25, 0.3) is 6.08 Å². The average molecular weight is 444 g/mol. The van der Waals surface area contributed by atoms with E-state index in [4.69, 9.17) is 26.4 Å². The van der Waals surface area contributed by atoms with Crippen molar-refractivity contribution in [2.75, 3.05) is 20.3 Å². The molecule has 1 heterocycles. The largest absolute Gasteiger partial charge is 0.493 e. The summed E-state index contributed by atoms with van der Waals surface area (Å²) in [7, 11) is 1.59. The maximum atomic E-state index is 11.8. The van der Waals surface area contributed by atoms with Crippen LogP contribution in [-0.2, 0) is 4.79 Å². The minimum atomic E-state index is -0.181. The standard InChI is InChI=1S/C23H25NO4S2/c1-4-15(2)17-7-5-6-8-18(17)27-11-12-28-19-10-9-16(13-20(19)26-3)14-21-22(25)24-23(29)30-21/h5-10,13-15H,4,11-12H2,1-3H3,(H,24,25,29)/b21-14+/t15-/m0/s1. The molecule has 30 heavy (non-hydrogen) atoms. The normalized spacial score (nSPS) is 15.8. The fraction of sp³-hybridized carbons (Fsp3) is 0.304. The summed E-state index contributed by atoms with van der Waals surface area (Å²) in [4.78, 5) is 12.4. The Morgan fingerprint density at radius 1 is 1.10 bits per heavy atom. The molecular weight excluding hydrogens is 418 g/mol. The van der Waals surface area contributed by atoms with Gasteiger partial charge in [-0.25, -0.2) is 0 Å². The van der Waals surface area contributed by atoms with E-state index in [0.29, 0.717) is 39.9 Å². The lowest BCUT2D eigenvalue weighted by Gasteiger charge is -2.16. The maximum absolute atomic E-state index is 11.8. The second kappa shape index (κ2) is 10.5. The topological polar surface area (TPSA) is 56.8 Å². The third kappa shape index (κ3) is 5.55. The summed E-state index contributed by atoms with van der Waals surface area (Å²) >= 11 is 6.26. The van der Waals surface area contributed by atoms with Crippen LogP contribution < -0.4 is 19.5 Å². The molecule has 1 aliphatic rings. The monoisotopic (exact) mass is 443 g/mol. The molecule has 0 spiro atoms. The number of ether oxygens (including phenoxy) is 3. The summed E-state index contributed by atoms with van der Waals surface area (Å²) in [6.07, 6.45) is 2.84. The smallest absolute Gasteiger partial charge is 0.263 e. The van der Waals surface area contributed by atoms with Crippen molar-refractivity contribution in [2.45, 2.75) is 26.2 Å². The van der Waals surface area contributed by atoms with Gasteiger partial charge in [0.1, 0.15) is 23.3 Å². The maximum Gasteiger partial charge on any atom is 0.263 e. The van der Waals surface area contributed by atoms with E-state index in [9.17, 15) is 4.79 Å². The summed E-state index contributed by atoms with van der Waals surface area (Å²) in [6, 6.07) is 13.6. The zero-order valence-electron chi connectivity index (χ0n) is 17.3. The Balaban J connectivity index is 1.61. The van der Waals surface area contributed by atoms with Gasteiger partial charge in [-0.2, -0.15) is 0 Å². The fourth-order valence-electron chi connectivity index (χ4n) is 3.01. The van der Waals surface area contributed by atoms with Crippen molar-refractivity contribution in [1.29, 1.82) is 0 Å². The SMILES string of the molecule is CC[C@H](C)c1ccccc1OCCOc1ccc(/C=C2/SC(=S)NC2=O)cc1OC. The van der Waals surface area contributed by atoms with E-state index < -0.39 is 0 Å². The Bertz CT molecular complexity index is 958. The van der Waals surface area contributed by atoms with Crippen LogP contribution in [0.3, 0.4) is 0 Å². The molecule has 158 valence electrons. The molecule has 0 bridgehead atoms. The van der Waals surface area contributed by atoms with Crippen molar-refractivity contribution in [3.63, 3.8) is 0 Å². The molecule has 3 rings (SSSR count). The van der Waals surface area contributed by atoms with E-state index in [2.05, 4.69) is 25.2 Å². The van der Waals surface area contributed by atoms with Crippen molar-refractivity contribution < 1.29 is 19.0 Å². The number of hydrogen-bond donors (Lipinski definition) is 1. The minimum absolute atomic E-state index is 0.181. The van der Waals surface area contributed by atoms with Crippen LogP contribution in [0.5, 0.6) is 17.2 Å². The predicted molar refractivity (Wildman–Crippen MR) is 125 cm³/mol. The zero-order valence-corrected chi connectivity index (χ0v) is 18.9. The number of hydrogen-bond acceptors (Lipinski definition) is 6. The molecule has 1 N–H and O–H groups in total.